The molecule has 174 valence electrons. The van der Waals surface area contributed by atoms with E-state index in [1.165, 1.54) is 0 Å². The molecule has 8 nitrogen and oxygen atoms in total. The number of anilines is 1. The van der Waals surface area contributed by atoms with Crippen LogP contribution in [0.3, 0.4) is 0 Å². The first-order valence-corrected chi connectivity index (χ1v) is 10.7. The number of carbonyl (C=O) groups is 2. The van der Waals surface area contributed by atoms with Crippen LogP contribution in [-0.2, 0) is 11.2 Å². The topological polar surface area (TPSA) is 112 Å². The van der Waals surface area contributed by atoms with E-state index in [9.17, 15) is 9.59 Å². The Hall–Kier alpha value is -3.42. The highest BCUT2D eigenvalue weighted by Gasteiger charge is 2.23. The molecule has 0 fully saturated rings. The van der Waals surface area contributed by atoms with E-state index >= 15 is 0 Å². The van der Waals surface area contributed by atoms with Gasteiger partial charge in [-0.15, -0.1) is 0 Å². The summed E-state index contributed by atoms with van der Waals surface area (Å²) in [6.45, 7) is 7.65. The van der Waals surface area contributed by atoms with Crippen LogP contribution in [0.1, 0.15) is 46.1 Å². The second-order valence-electron chi connectivity index (χ2n) is 8.08. The molecule has 0 aromatic heterocycles. The molecule has 0 unspecified atom stereocenters. The van der Waals surface area contributed by atoms with Gasteiger partial charge in [0.15, 0.2) is 11.5 Å². The molecule has 0 atom stereocenters. The summed E-state index contributed by atoms with van der Waals surface area (Å²) >= 11 is 0. The maximum absolute atomic E-state index is 12.1. The van der Waals surface area contributed by atoms with Gasteiger partial charge in [-0.05, 0) is 68.7 Å². The van der Waals surface area contributed by atoms with Gasteiger partial charge in [0.1, 0.15) is 11.4 Å². The summed E-state index contributed by atoms with van der Waals surface area (Å²) in [4.78, 5) is 23.2. The van der Waals surface area contributed by atoms with Crippen LogP contribution in [-0.4, -0.2) is 30.9 Å². The van der Waals surface area contributed by atoms with Gasteiger partial charge in [0.05, 0.1) is 7.11 Å². The predicted molar refractivity (Wildman–Crippen MR) is 124 cm³/mol. The smallest absolute Gasteiger partial charge is 0.405 e. The molecular weight excluding hydrogens is 410 g/mol. The van der Waals surface area contributed by atoms with Gasteiger partial charge in [0, 0.05) is 18.2 Å². The minimum absolute atomic E-state index is 0.154. The predicted octanol–water partition coefficient (Wildman–Crippen LogP) is 5.21. The first-order valence-electron chi connectivity index (χ1n) is 10.7. The van der Waals surface area contributed by atoms with Crippen molar-refractivity contribution in [3.05, 3.63) is 48.0 Å². The Bertz CT molecular complexity index is 908. The summed E-state index contributed by atoms with van der Waals surface area (Å²) in [7, 11) is 1.56. The zero-order chi connectivity index (χ0) is 23.7. The lowest BCUT2D eigenvalue weighted by molar-refractivity contribution is 0.0460. The lowest BCUT2D eigenvalue weighted by Crippen LogP contribution is -2.37. The molecule has 3 amide bonds. The van der Waals surface area contributed by atoms with E-state index in [0.717, 1.165) is 18.4 Å². The molecule has 0 aliphatic heterocycles. The van der Waals surface area contributed by atoms with E-state index in [-0.39, 0.29) is 12.1 Å². The first-order chi connectivity index (χ1) is 15.2. The van der Waals surface area contributed by atoms with Crippen LogP contribution in [0.5, 0.6) is 17.2 Å². The van der Waals surface area contributed by atoms with Crippen molar-refractivity contribution in [2.45, 2.75) is 58.6 Å². The molecule has 0 aliphatic carbocycles. The zero-order valence-electron chi connectivity index (χ0n) is 19.4. The Labute approximate surface area is 189 Å². The van der Waals surface area contributed by atoms with Crippen molar-refractivity contribution in [1.29, 1.82) is 0 Å². The maximum Gasteiger partial charge on any atom is 0.405 e. The van der Waals surface area contributed by atoms with Crippen molar-refractivity contribution in [3.8, 4) is 17.2 Å². The van der Waals surface area contributed by atoms with E-state index in [4.69, 9.17) is 19.9 Å². The molecule has 0 radical (unpaired) electrons. The monoisotopic (exact) mass is 443 g/mol. The van der Waals surface area contributed by atoms with E-state index < -0.39 is 11.7 Å². The van der Waals surface area contributed by atoms with Gasteiger partial charge in [-0.3, -0.25) is 0 Å². The number of methoxy groups -OCH3 is 1. The number of ether oxygens (including phenoxy) is 3. The summed E-state index contributed by atoms with van der Waals surface area (Å²) in [5.74, 6) is 1.68. The molecule has 0 heterocycles. The molecule has 32 heavy (non-hydrogen) atoms. The summed E-state index contributed by atoms with van der Waals surface area (Å²) < 4.78 is 16.6. The average Bonchev–Trinajstić information content (AvgIpc) is 2.73. The third-order valence-electron chi connectivity index (χ3n) is 4.90. The number of nitrogens with one attached hydrogen (secondary N) is 2. The van der Waals surface area contributed by atoms with Gasteiger partial charge in [0.25, 0.3) is 0 Å². The van der Waals surface area contributed by atoms with Gasteiger partial charge in [-0.1, -0.05) is 19.9 Å². The van der Waals surface area contributed by atoms with E-state index in [0.29, 0.717) is 29.4 Å². The minimum Gasteiger partial charge on any atom is -0.493 e. The van der Waals surface area contributed by atoms with Gasteiger partial charge in [0.2, 0.25) is 0 Å². The number of hydrogen-bond acceptors (Lipinski definition) is 5. The lowest BCUT2D eigenvalue weighted by atomic mass is 9.98. The second-order valence-corrected chi connectivity index (χ2v) is 8.08. The van der Waals surface area contributed by atoms with Crippen molar-refractivity contribution in [2.75, 3.05) is 12.4 Å². The largest absolute Gasteiger partial charge is 0.493 e. The quantitative estimate of drug-likeness (QED) is 0.466. The molecule has 2 rings (SSSR count). The van der Waals surface area contributed by atoms with Crippen LogP contribution in [0.25, 0.3) is 0 Å². The molecule has 0 bridgehead atoms. The van der Waals surface area contributed by atoms with Crippen molar-refractivity contribution in [1.82, 2.24) is 5.32 Å². The number of nitrogens with two attached hydrogens (primary N) is 1. The molecule has 0 saturated heterocycles. The average molecular weight is 444 g/mol. The SMILES string of the molecule is CCC(CC)NC(=O)Nc1ccc(Oc2ccc(CC(C)(C)OC(N)=O)cc2OC)cc1. The van der Waals surface area contributed by atoms with Crippen LogP contribution < -0.4 is 25.8 Å². The normalized spacial score (nSPS) is 11.1. The summed E-state index contributed by atoms with van der Waals surface area (Å²) in [6, 6.07) is 12.5. The van der Waals surface area contributed by atoms with Crippen LogP contribution in [0.2, 0.25) is 0 Å². The maximum atomic E-state index is 12.1. The van der Waals surface area contributed by atoms with Crippen molar-refractivity contribution < 1.29 is 23.8 Å². The van der Waals surface area contributed by atoms with E-state index in [1.54, 1.807) is 51.3 Å². The van der Waals surface area contributed by atoms with Crippen molar-refractivity contribution >= 4 is 17.8 Å². The number of benzene rings is 2. The van der Waals surface area contributed by atoms with Crippen LogP contribution in [0.15, 0.2) is 42.5 Å². The van der Waals surface area contributed by atoms with Gasteiger partial charge in [-0.25, -0.2) is 9.59 Å². The van der Waals surface area contributed by atoms with Crippen LogP contribution in [0.4, 0.5) is 15.3 Å². The number of carbonyl (C=O) groups excluding carboxylic acids is 2. The van der Waals surface area contributed by atoms with E-state index in [2.05, 4.69) is 10.6 Å². The Morgan fingerprint density at radius 3 is 2.25 bits per heavy atom. The summed E-state index contributed by atoms with van der Waals surface area (Å²) in [5, 5.41) is 5.76. The number of urea groups is 1. The standard InChI is InChI=1S/C24H33N3O5/c1-6-17(7-2)26-23(29)27-18-9-11-19(12-10-18)31-20-13-8-16(14-21(20)30-5)15-24(3,4)32-22(25)28/h8-14,17H,6-7,15H2,1-5H3,(H2,25,28)(H2,26,27,29). The molecule has 2 aromatic rings. The zero-order valence-corrected chi connectivity index (χ0v) is 19.4. The van der Waals surface area contributed by atoms with E-state index in [1.807, 2.05) is 26.0 Å². The van der Waals surface area contributed by atoms with Gasteiger partial charge < -0.3 is 30.6 Å². The fourth-order valence-corrected chi connectivity index (χ4v) is 3.28. The molecule has 8 heteroatoms. The highest BCUT2D eigenvalue weighted by Crippen LogP contribution is 2.34. The molecule has 0 aliphatic rings. The third kappa shape index (κ3) is 7.68. The third-order valence-corrected chi connectivity index (χ3v) is 4.90. The Kier molecular flexibility index (Phi) is 8.75. The molecular formula is C24H33N3O5. The fourth-order valence-electron chi connectivity index (χ4n) is 3.28. The molecule has 0 spiro atoms. The second kappa shape index (κ2) is 11.3. The first kappa shape index (κ1) is 24.8. The summed E-state index contributed by atoms with van der Waals surface area (Å²) in [5.41, 5.74) is 5.96. The molecule has 0 saturated carbocycles. The number of amides is 3. The van der Waals surface area contributed by atoms with Crippen molar-refractivity contribution in [3.63, 3.8) is 0 Å². The lowest BCUT2D eigenvalue weighted by Gasteiger charge is -2.24. The number of primary amides is 1. The van der Waals surface area contributed by atoms with Crippen LogP contribution in [0, 0.1) is 0 Å². The number of rotatable bonds is 10. The Morgan fingerprint density at radius 2 is 1.69 bits per heavy atom. The number of hydrogen-bond donors (Lipinski definition) is 3. The Balaban J connectivity index is 2.04. The molecule has 4 N–H and O–H groups in total. The fraction of sp³-hybridized carbons (Fsp3) is 0.417. The Morgan fingerprint density at radius 1 is 1.03 bits per heavy atom. The van der Waals surface area contributed by atoms with Gasteiger partial charge in [-0.2, -0.15) is 0 Å². The van der Waals surface area contributed by atoms with Crippen LogP contribution >= 0.6 is 0 Å². The van der Waals surface area contributed by atoms with Crippen molar-refractivity contribution in [2.24, 2.45) is 5.73 Å². The van der Waals surface area contributed by atoms with Gasteiger partial charge >= 0.3 is 12.1 Å². The minimum atomic E-state index is -0.812. The highest BCUT2D eigenvalue weighted by molar-refractivity contribution is 5.89. The molecule has 2 aromatic carbocycles. The summed E-state index contributed by atoms with van der Waals surface area (Å²) in [6.07, 6.45) is 1.42. The highest BCUT2D eigenvalue weighted by atomic mass is 16.6.